The van der Waals surface area contributed by atoms with Crippen molar-refractivity contribution in [3.05, 3.63) is 35.2 Å². The normalized spacial score (nSPS) is 20.2. The number of piperidine rings is 1. The molecule has 3 nitrogen and oxygen atoms in total. The molecule has 0 amide bonds. The average Bonchev–Trinajstić information content (AvgIpc) is 3.10. The van der Waals surface area contributed by atoms with Crippen LogP contribution in [0.5, 0.6) is 0 Å². The number of fused-ring (bicyclic) bond motifs is 1. The summed E-state index contributed by atoms with van der Waals surface area (Å²) in [6.07, 6.45) is 9.22. The van der Waals surface area contributed by atoms with E-state index in [1.807, 2.05) is 12.1 Å². The van der Waals surface area contributed by atoms with E-state index in [2.05, 4.69) is 9.88 Å². The third-order valence-electron chi connectivity index (χ3n) is 5.25. The van der Waals surface area contributed by atoms with Crippen LogP contribution < -0.4 is 4.90 Å². The number of halogens is 2. The van der Waals surface area contributed by atoms with Gasteiger partial charge in [0.05, 0.1) is 22.9 Å². The molecule has 2 fully saturated rings. The number of hydrogen-bond donors (Lipinski definition) is 0. The Morgan fingerprint density at radius 3 is 2.50 bits per heavy atom. The Morgan fingerprint density at radius 2 is 1.75 bits per heavy atom. The molecule has 1 aromatic heterocycles. The van der Waals surface area contributed by atoms with Gasteiger partial charge in [0.1, 0.15) is 5.52 Å². The highest BCUT2D eigenvalue weighted by atomic mass is 35.5. The zero-order chi connectivity index (χ0) is 16.5. The molecular weight excluding hydrogens is 327 g/mol. The van der Waals surface area contributed by atoms with E-state index in [-0.39, 0.29) is 5.82 Å². The minimum atomic E-state index is -0.273. The topological polar surface area (TPSA) is 25.4 Å². The highest BCUT2D eigenvalue weighted by molar-refractivity contribution is 6.35. The van der Waals surface area contributed by atoms with Crippen molar-refractivity contribution in [1.82, 2.24) is 4.98 Å². The van der Waals surface area contributed by atoms with Crippen molar-refractivity contribution >= 4 is 28.2 Å². The van der Waals surface area contributed by atoms with Gasteiger partial charge in [0.2, 0.25) is 0 Å². The lowest BCUT2D eigenvalue weighted by Gasteiger charge is -2.35. The molecule has 2 heterocycles. The van der Waals surface area contributed by atoms with Gasteiger partial charge >= 0.3 is 0 Å². The van der Waals surface area contributed by atoms with Gasteiger partial charge in [-0.3, -0.25) is 4.98 Å². The van der Waals surface area contributed by atoms with E-state index in [4.69, 9.17) is 16.3 Å². The van der Waals surface area contributed by atoms with Crippen LogP contribution in [0.4, 0.5) is 10.1 Å². The minimum Gasteiger partial charge on any atom is -0.375 e. The summed E-state index contributed by atoms with van der Waals surface area (Å²) in [5.41, 5.74) is 0.973. The van der Waals surface area contributed by atoms with Crippen LogP contribution in [0.25, 0.3) is 10.9 Å². The first kappa shape index (κ1) is 16.1. The minimum absolute atomic E-state index is 0.273. The van der Waals surface area contributed by atoms with Gasteiger partial charge in [-0.05, 0) is 43.9 Å². The zero-order valence-corrected chi connectivity index (χ0v) is 14.4. The van der Waals surface area contributed by atoms with Crippen molar-refractivity contribution in [2.24, 2.45) is 0 Å². The Labute approximate surface area is 146 Å². The summed E-state index contributed by atoms with van der Waals surface area (Å²) in [5, 5.41) is 1.20. The summed E-state index contributed by atoms with van der Waals surface area (Å²) >= 11 is 6.13. The Morgan fingerprint density at radius 1 is 1.04 bits per heavy atom. The van der Waals surface area contributed by atoms with E-state index < -0.39 is 0 Å². The van der Waals surface area contributed by atoms with Crippen molar-refractivity contribution in [2.45, 2.75) is 50.7 Å². The van der Waals surface area contributed by atoms with Crippen LogP contribution >= 0.6 is 11.6 Å². The van der Waals surface area contributed by atoms with Crippen LogP contribution in [0.3, 0.4) is 0 Å². The third-order valence-corrected chi connectivity index (χ3v) is 5.58. The molecule has 24 heavy (non-hydrogen) atoms. The lowest BCUT2D eigenvalue weighted by atomic mass is 10.1. The molecule has 0 bridgehead atoms. The van der Waals surface area contributed by atoms with E-state index in [0.717, 1.165) is 25.9 Å². The molecule has 0 atom stereocenters. The van der Waals surface area contributed by atoms with Crippen LogP contribution in [-0.2, 0) is 4.74 Å². The van der Waals surface area contributed by atoms with Gasteiger partial charge in [0.15, 0.2) is 5.82 Å². The summed E-state index contributed by atoms with van der Waals surface area (Å²) in [5.74, 6) is -0.273. The van der Waals surface area contributed by atoms with Crippen molar-refractivity contribution < 1.29 is 9.13 Å². The van der Waals surface area contributed by atoms with E-state index in [9.17, 15) is 4.39 Å². The molecule has 0 unspecified atom stereocenters. The Hall–Kier alpha value is -1.39. The highest BCUT2D eigenvalue weighted by Gasteiger charge is 2.26. The second kappa shape index (κ2) is 6.85. The van der Waals surface area contributed by atoms with E-state index in [1.165, 1.54) is 25.7 Å². The van der Waals surface area contributed by atoms with Crippen LogP contribution in [-0.4, -0.2) is 30.3 Å². The lowest BCUT2D eigenvalue weighted by Crippen LogP contribution is -2.38. The number of aromatic nitrogens is 1. The second-order valence-corrected chi connectivity index (χ2v) is 7.22. The zero-order valence-electron chi connectivity index (χ0n) is 13.7. The summed E-state index contributed by atoms with van der Waals surface area (Å²) in [7, 11) is 0. The number of nitrogens with zero attached hydrogens (tertiary/aromatic N) is 2. The smallest absolute Gasteiger partial charge is 0.172 e. The summed E-state index contributed by atoms with van der Waals surface area (Å²) in [6.45, 7) is 1.64. The van der Waals surface area contributed by atoms with Crippen molar-refractivity contribution in [2.75, 3.05) is 18.0 Å². The highest BCUT2D eigenvalue weighted by Crippen LogP contribution is 2.32. The fourth-order valence-electron chi connectivity index (χ4n) is 3.91. The molecule has 0 spiro atoms. The summed E-state index contributed by atoms with van der Waals surface area (Å²) in [6, 6.07) is 5.38. The summed E-state index contributed by atoms with van der Waals surface area (Å²) < 4.78 is 21.1. The quantitative estimate of drug-likeness (QED) is 0.784. The maximum atomic E-state index is 14.9. The molecule has 1 aliphatic heterocycles. The number of pyridine rings is 1. The molecular formula is C19H22ClFN2O. The van der Waals surface area contributed by atoms with Crippen molar-refractivity contribution in [3.63, 3.8) is 0 Å². The molecule has 128 valence electrons. The fraction of sp³-hybridized carbons (Fsp3) is 0.526. The van der Waals surface area contributed by atoms with Crippen LogP contribution in [0, 0.1) is 5.82 Å². The number of hydrogen-bond acceptors (Lipinski definition) is 3. The number of anilines is 1. The number of ether oxygens (including phenoxy) is 1. The number of benzene rings is 1. The predicted octanol–water partition coefficient (Wildman–Crippen LogP) is 4.96. The van der Waals surface area contributed by atoms with Crippen LogP contribution in [0.1, 0.15) is 38.5 Å². The number of rotatable bonds is 3. The summed E-state index contributed by atoms with van der Waals surface area (Å²) in [4.78, 5) is 6.27. The first-order valence-corrected chi connectivity index (χ1v) is 9.23. The third kappa shape index (κ3) is 3.09. The standard InChI is InChI=1S/C19H22ClFN2O/c20-16-7-10-22-19-15(16)5-6-17(18(19)21)23-11-8-14(9-12-23)24-13-3-1-2-4-13/h5-7,10,13-14H,1-4,8-9,11-12H2. The molecule has 0 radical (unpaired) electrons. The maximum absolute atomic E-state index is 14.9. The van der Waals surface area contributed by atoms with Crippen LogP contribution in [0.15, 0.2) is 24.4 Å². The molecule has 0 N–H and O–H groups in total. The van der Waals surface area contributed by atoms with Gasteiger partial charge in [-0.1, -0.05) is 24.4 Å². The Kier molecular flexibility index (Phi) is 4.59. The van der Waals surface area contributed by atoms with Gasteiger partial charge < -0.3 is 9.64 Å². The average molecular weight is 349 g/mol. The first-order chi connectivity index (χ1) is 11.7. The maximum Gasteiger partial charge on any atom is 0.172 e. The van der Waals surface area contributed by atoms with Gasteiger partial charge in [-0.2, -0.15) is 0 Å². The van der Waals surface area contributed by atoms with E-state index >= 15 is 0 Å². The molecule has 5 heteroatoms. The monoisotopic (exact) mass is 348 g/mol. The second-order valence-electron chi connectivity index (χ2n) is 6.82. The van der Waals surface area contributed by atoms with E-state index in [1.54, 1.807) is 12.3 Å². The largest absolute Gasteiger partial charge is 0.375 e. The van der Waals surface area contributed by atoms with Crippen LogP contribution in [0.2, 0.25) is 5.02 Å². The molecule has 4 rings (SSSR count). The molecule has 2 aliphatic rings. The van der Waals surface area contributed by atoms with Crippen molar-refractivity contribution in [3.8, 4) is 0 Å². The van der Waals surface area contributed by atoms with Gasteiger partial charge in [0.25, 0.3) is 0 Å². The SMILES string of the molecule is Fc1c(N2CCC(OC3CCCC3)CC2)ccc2c(Cl)ccnc12. The molecule has 1 aromatic carbocycles. The van der Waals surface area contributed by atoms with E-state index in [0.29, 0.717) is 33.8 Å². The van der Waals surface area contributed by atoms with Gasteiger partial charge in [-0.25, -0.2) is 4.39 Å². The van der Waals surface area contributed by atoms with Gasteiger partial charge in [-0.15, -0.1) is 0 Å². The Balaban J connectivity index is 1.47. The van der Waals surface area contributed by atoms with Gasteiger partial charge in [0, 0.05) is 24.7 Å². The van der Waals surface area contributed by atoms with Crippen molar-refractivity contribution in [1.29, 1.82) is 0 Å². The Bertz CT molecular complexity index is 725. The first-order valence-electron chi connectivity index (χ1n) is 8.85. The lowest BCUT2D eigenvalue weighted by molar-refractivity contribution is -0.0195. The fourth-order valence-corrected chi connectivity index (χ4v) is 4.12. The molecule has 1 saturated heterocycles. The molecule has 1 aliphatic carbocycles. The molecule has 2 aromatic rings. The molecule has 1 saturated carbocycles. The predicted molar refractivity (Wildman–Crippen MR) is 95.3 cm³/mol.